The van der Waals surface area contributed by atoms with Crippen LogP contribution >= 0.6 is 0 Å². The van der Waals surface area contributed by atoms with E-state index in [4.69, 9.17) is 14.2 Å². The molecule has 0 saturated carbocycles. The first kappa shape index (κ1) is 41.1. The normalized spacial score (nSPS) is 17.2. The fraction of sp³-hybridized carbons (Fsp3) is 0.795. The summed E-state index contributed by atoms with van der Waals surface area (Å²) in [7, 11) is 0. The Labute approximate surface area is 276 Å². The maximum atomic E-state index is 12.1. The fourth-order valence-corrected chi connectivity index (χ4v) is 5.30. The van der Waals surface area contributed by atoms with Gasteiger partial charge in [0.15, 0.2) is 6.10 Å². The molecule has 1 aliphatic heterocycles. The van der Waals surface area contributed by atoms with E-state index >= 15 is 0 Å². The summed E-state index contributed by atoms with van der Waals surface area (Å²) in [5.74, 6) is 0.155. The molecule has 260 valence electrons. The number of aliphatic hydroxyl groups excluding tert-OH is 1. The lowest BCUT2D eigenvalue weighted by Crippen LogP contribution is -2.28. The van der Waals surface area contributed by atoms with Gasteiger partial charge in [-0.25, -0.2) is 0 Å². The standard InChI is InChI=1S/C39H68O6/c1-4-5-6-7-8-11-15-18-23-28-36-37(45-36)29-24-20-21-25-30-38(41)43-33-35(32-40)44-39(42)31-26-19-16-13-10-9-12-14-17-22-27-34(2)3/h8,11,18,20,23-24,34-37,40H,4-7,9-10,12-17,19,21-22,25-33H2,1-3H3/b11-8-,23-18-,24-20-/t35-,36?,37?/m0/s1. The van der Waals surface area contributed by atoms with Crippen LogP contribution in [0.5, 0.6) is 0 Å². The molecule has 0 aromatic heterocycles. The second-order valence-electron chi connectivity index (χ2n) is 13.2. The van der Waals surface area contributed by atoms with E-state index in [0.717, 1.165) is 50.9 Å². The molecule has 6 heteroatoms. The summed E-state index contributed by atoms with van der Waals surface area (Å²) in [5, 5.41) is 9.53. The molecule has 45 heavy (non-hydrogen) atoms. The molecule has 0 aliphatic carbocycles. The Balaban J connectivity index is 1.95. The largest absolute Gasteiger partial charge is 0.462 e. The predicted octanol–water partition coefficient (Wildman–Crippen LogP) is 10.1. The zero-order valence-electron chi connectivity index (χ0n) is 29.2. The van der Waals surface area contributed by atoms with Crippen LogP contribution in [-0.2, 0) is 23.8 Å². The SMILES string of the molecule is CCCCC/C=C\C/C=C\CC1OC1C/C=C\CCCC(=O)OC[C@H](CO)OC(=O)CCCCCCCCCCCCC(C)C. The van der Waals surface area contributed by atoms with Gasteiger partial charge in [-0.05, 0) is 57.3 Å². The van der Waals surface area contributed by atoms with Gasteiger partial charge in [0.25, 0.3) is 0 Å². The lowest BCUT2D eigenvalue weighted by atomic mass is 10.0. The van der Waals surface area contributed by atoms with E-state index < -0.39 is 6.10 Å². The lowest BCUT2D eigenvalue weighted by molar-refractivity contribution is -0.161. The Morgan fingerprint density at radius 1 is 0.689 bits per heavy atom. The Hall–Kier alpha value is -1.92. The van der Waals surface area contributed by atoms with E-state index in [1.165, 1.54) is 77.0 Å². The van der Waals surface area contributed by atoms with E-state index in [2.05, 4.69) is 57.2 Å². The quantitative estimate of drug-likeness (QED) is 0.0354. The fourth-order valence-electron chi connectivity index (χ4n) is 5.30. The predicted molar refractivity (Wildman–Crippen MR) is 186 cm³/mol. The van der Waals surface area contributed by atoms with E-state index in [1.54, 1.807) is 0 Å². The average molecular weight is 633 g/mol. The average Bonchev–Trinajstić information content (AvgIpc) is 3.78. The first-order valence-electron chi connectivity index (χ1n) is 18.5. The second kappa shape index (κ2) is 29.5. The second-order valence-corrected chi connectivity index (χ2v) is 13.2. The number of epoxide rings is 1. The maximum Gasteiger partial charge on any atom is 0.306 e. The minimum Gasteiger partial charge on any atom is -0.462 e. The van der Waals surface area contributed by atoms with Crippen molar-refractivity contribution < 1.29 is 28.9 Å². The van der Waals surface area contributed by atoms with Crippen molar-refractivity contribution in [2.75, 3.05) is 13.2 Å². The highest BCUT2D eigenvalue weighted by atomic mass is 16.6. The summed E-state index contributed by atoms with van der Waals surface area (Å²) in [5.41, 5.74) is 0. The minimum absolute atomic E-state index is 0.0987. The van der Waals surface area contributed by atoms with Crippen LogP contribution in [0, 0.1) is 5.92 Å². The van der Waals surface area contributed by atoms with Gasteiger partial charge in [-0.15, -0.1) is 0 Å². The van der Waals surface area contributed by atoms with Gasteiger partial charge in [-0.3, -0.25) is 9.59 Å². The molecule has 0 radical (unpaired) electrons. The molecular formula is C39H68O6. The van der Waals surface area contributed by atoms with E-state index in [0.29, 0.717) is 31.5 Å². The first-order chi connectivity index (χ1) is 22.0. The topological polar surface area (TPSA) is 85.4 Å². The molecular weight excluding hydrogens is 564 g/mol. The van der Waals surface area contributed by atoms with Crippen molar-refractivity contribution in [3.63, 3.8) is 0 Å². The first-order valence-corrected chi connectivity index (χ1v) is 18.5. The monoisotopic (exact) mass is 633 g/mol. The summed E-state index contributed by atoms with van der Waals surface area (Å²) in [4.78, 5) is 24.2. The molecule has 1 aliphatic rings. The van der Waals surface area contributed by atoms with Crippen molar-refractivity contribution in [2.45, 2.75) is 180 Å². The molecule has 1 rings (SSSR count). The number of rotatable bonds is 31. The van der Waals surface area contributed by atoms with E-state index in [9.17, 15) is 14.7 Å². The maximum absolute atomic E-state index is 12.1. The summed E-state index contributed by atoms with van der Waals surface area (Å²) in [6, 6.07) is 0. The molecule has 1 heterocycles. The van der Waals surface area contributed by atoms with Crippen LogP contribution in [0.3, 0.4) is 0 Å². The zero-order chi connectivity index (χ0) is 32.8. The molecule has 1 fully saturated rings. The Bertz CT molecular complexity index is 801. The number of hydrogen-bond acceptors (Lipinski definition) is 6. The van der Waals surface area contributed by atoms with Crippen LogP contribution < -0.4 is 0 Å². The third kappa shape index (κ3) is 27.0. The summed E-state index contributed by atoms with van der Waals surface area (Å²) >= 11 is 0. The molecule has 0 aromatic rings. The van der Waals surface area contributed by atoms with Crippen LogP contribution in [0.4, 0.5) is 0 Å². The van der Waals surface area contributed by atoms with Gasteiger partial charge in [0, 0.05) is 12.8 Å². The number of ether oxygens (including phenoxy) is 3. The minimum atomic E-state index is -0.796. The molecule has 0 amide bonds. The highest BCUT2D eigenvalue weighted by molar-refractivity contribution is 5.70. The van der Waals surface area contributed by atoms with E-state index in [-0.39, 0.29) is 25.2 Å². The molecule has 1 saturated heterocycles. The van der Waals surface area contributed by atoms with Crippen LogP contribution in [0.15, 0.2) is 36.5 Å². The molecule has 0 spiro atoms. The number of carbonyl (C=O) groups excluding carboxylic acids is 2. The van der Waals surface area contributed by atoms with Crippen molar-refractivity contribution in [1.82, 2.24) is 0 Å². The van der Waals surface area contributed by atoms with Gasteiger partial charge in [0.1, 0.15) is 6.61 Å². The van der Waals surface area contributed by atoms with Crippen molar-refractivity contribution in [1.29, 1.82) is 0 Å². The zero-order valence-corrected chi connectivity index (χ0v) is 29.2. The number of allylic oxidation sites excluding steroid dienone is 4. The number of hydrogen-bond donors (Lipinski definition) is 1. The van der Waals surface area contributed by atoms with Gasteiger partial charge < -0.3 is 19.3 Å². The van der Waals surface area contributed by atoms with Gasteiger partial charge in [0.2, 0.25) is 0 Å². The Morgan fingerprint density at radius 2 is 1.24 bits per heavy atom. The van der Waals surface area contributed by atoms with Crippen LogP contribution in [0.2, 0.25) is 0 Å². The number of esters is 2. The van der Waals surface area contributed by atoms with E-state index in [1.807, 2.05) is 0 Å². The highest BCUT2D eigenvalue weighted by Gasteiger charge is 2.35. The molecule has 0 bridgehead atoms. The summed E-state index contributed by atoms with van der Waals surface area (Å²) in [6.07, 6.45) is 36.6. The van der Waals surface area contributed by atoms with Crippen LogP contribution in [0.1, 0.15) is 162 Å². The van der Waals surface area contributed by atoms with Crippen molar-refractivity contribution in [2.24, 2.45) is 5.92 Å². The van der Waals surface area contributed by atoms with Crippen molar-refractivity contribution in [3.05, 3.63) is 36.5 Å². The number of unbranched alkanes of at least 4 members (excludes halogenated alkanes) is 13. The third-order valence-electron chi connectivity index (χ3n) is 8.27. The lowest BCUT2D eigenvalue weighted by Gasteiger charge is -2.15. The Kier molecular flexibility index (Phi) is 26.9. The van der Waals surface area contributed by atoms with Gasteiger partial charge in [0.05, 0.1) is 18.8 Å². The molecule has 2 unspecified atom stereocenters. The molecule has 1 N–H and O–H groups in total. The van der Waals surface area contributed by atoms with Crippen molar-refractivity contribution >= 4 is 11.9 Å². The number of aliphatic hydroxyl groups is 1. The van der Waals surface area contributed by atoms with Gasteiger partial charge in [-0.2, -0.15) is 0 Å². The van der Waals surface area contributed by atoms with Crippen molar-refractivity contribution in [3.8, 4) is 0 Å². The summed E-state index contributed by atoms with van der Waals surface area (Å²) < 4.78 is 16.3. The van der Waals surface area contributed by atoms with Crippen LogP contribution in [-0.4, -0.2) is 48.6 Å². The summed E-state index contributed by atoms with van der Waals surface area (Å²) in [6.45, 7) is 6.36. The third-order valence-corrected chi connectivity index (χ3v) is 8.27. The van der Waals surface area contributed by atoms with Gasteiger partial charge in [-0.1, -0.05) is 134 Å². The van der Waals surface area contributed by atoms with Gasteiger partial charge >= 0.3 is 11.9 Å². The van der Waals surface area contributed by atoms with Crippen LogP contribution in [0.25, 0.3) is 0 Å². The molecule has 6 nitrogen and oxygen atoms in total. The number of carbonyl (C=O) groups is 2. The highest BCUT2D eigenvalue weighted by Crippen LogP contribution is 2.29. The molecule has 0 aromatic carbocycles. The molecule has 3 atom stereocenters. The smallest absolute Gasteiger partial charge is 0.306 e. The Morgan fingerprint density at radius 3 is 1.89 bits per heavy atom.